The lowest BCUT2D eigenvalue weighted by Gasteiger charge is -2.37. The normalized spacial score (nSPS) is 26.0. The van der Waals surface area contributed by atoms with Crippen LogP contribution >= 0.6 is 11.6 Å². The molecule has 2 aliphatic rings. The zero-order valence-electron chi connectivity index (χ0n) is 13.9. The van der Waals surface area contributed by atoms with Crippen LogP contribution in [0.2, 0.25) is 5.02 Å². The van der Waals surface area contributed by atoms with Crippen molar-refractivity contribution < 1.29 is 23.8 Å². The molecule has 25 heavy (non-hydrogen) atoms. The Hall–Kier alpha value is -1.76. The highest BCUT2D eigenvalue weighted by Crippen LogP contribution is 2.36. The molecule has 2 fully saturated rings. The lowest BCUT2D eigenvalue weighted by Crippen LogP contribution is -2.51. The van der Waals surface area contributed by atoms with E-state index in [2.05, 4.69) is 0 Å². The monoisotopic (exact) mass is 365 g/mol. The predicted molar refractivity (Wildman–Crippen MR) is 92.2 cm³/mol. The van der Waals surface area contributed by atoms with Crippen molar-refractivity contribution in [3.63, 3.8) is 0 Å². The minimum absolute atomic E-state index is 0.0109. The first-order valence-corrected chi connectivity index (χ1v) is 8.79. The van der Waals surface area contributed by atoms with Crippen molar-refractivity contribution >= 4 is 28.5 Å². The summed E-state index contributed by atoms with van der Waals surface area (Å²) in [6, 6.07) is 5.10. The van der Waals surface area contributed by atoms with Gasteiger partial charge >= 0.3 is 0 Å². The molecule has 4 rings (SSSR count). The Balaban J connectivity index is 1.65. The number of hydrogen-bond donors (Lipinski definition) is 1. The molecule has 1 saturated carbocycles. The van der Waals surface area contributed by atoms with Gasteiger partial charge in [0.25, 0.3) is 5.91 Å². The Bertz CT molecular complexity index is 804. The molecule has 134 valence electrons. The van der Waals surface area contributed by atoms with Crippen LogP contribution in [0.1, 0.15) is 23.4 Å². The van der Waals surface area contributed by atoms with Crippen molar-refractivity contribution in [3.8, 4) is 5.75 Å². The molecular weight excluding hydrogens is 346 g/mol. The van der Waals surface area contributed by atoms with E-state index in [1.165, 1.54) is 7.11 Å². The van der Waals surface area contributed by atoms with Crippen LogP contribution in [0.5, 0.6) is 5.75 Å². The Labute approximate surface area is 150 Å². The fraction of sp³-hybridized carbons (Fsp3) is 0.500. The number of methoxy groups -OCH3 is 1. The smallest absolute Gasteiger partial charge is 0.290 e. The minimum atomic E-state index is -0.161. The lowest BCUT2D eigenvalue weighted by molar-refractivity contribution is -0.0457. The van der Waals surface area contributed by atoms with Crippen LogP contribution in [0.4, 0.5) is 0 Å². The molecule has 0 spiro atoms. The van der Waals surface area contributed by atoms with E-state index in [4.69, 9.17) is 25.5 Å². The minimum Gasteiger partial charge on any atom is -0.493 e. The Morgan fingerprint density at radius 2 is 2.24 bits per heavy atom. The van der Waals surface area contributed by atoms with Crippen LogP contribution in [-0.4, -0.2) is 54.9 Å². The van der Waals surface area contributed by atoms with Crippen LogP contribution in [0.15, 0.2) is 22.6 Å². The number of nitrogens with zero attached hydrogens (tertiary/aromatic N) is 1. The van der Waals surface area contributed by atoms with Crippen LogP contribution in [0.25, 0.3) is 11.0 Å². The summed E-state index contributed by atoms with van der Waals surface area (Å²) in [5, 5.41) is 10.7. The van der Waals surface area contributed by atoms with Crippen LogP contribution in [0.3, 0.4) is 0 Å². The van der Waals surface area contributed by atoms with E-state index in [1.54, 1.807) is 18.2 Å². The van der Waals surface area contributed by atoms with Crippen LogP contribution < -0.4 is 4.74 Å². The second-order valence-electron chi connectivity index (χ2n) is 6.63. The van der Waals surface area contributed by atoms with Gasteiger partial charge in [-0.15, -0.1) is 0 Å². The lowest BCUT2D eigenvalue weighted by atomic mass is 10.1. The third-order valence-corrected chi connectivity index (χ3v) is 5.35. The number of hydrogen-bond acceptors (Lipinski definition) is 5. The van der Waals surface area contributed by atoms with Gasteiger partial charge in [0.05, 0.1) is 25.9 Å². The average Bonchev–Trinajstić information content (AvgIpc) is 3.23. The average molecular weight is 366 g/mol. The molecule has 2 aromatic rings. The summed E-state index contributed by atoms with van der Waals surface area (Å²) >= 11 is 6.09. The van der Waals surface area contributed by atoms with Gasteiger partial charge in [-0.25, -0.2) is 0 Å². The van der Waals surface area contributed by atoms with Crippen molar-refractivity contribution in [2.75, 3.05) is 26.9 Å². The number of fused-ring (bicyclic) bond motifs is 2. The predicted octanol–water partition coefficient (Wildman–Crippen LogP) is 2.71. The molecule has 1 unspecified atom stereocenters. The molecule has 3 atom stereocenters. The van der Waals surface area contributed by atoms with Crippen molar-refractivity contribution in [1.29, 1.82) is 0 Å². The number of carbonyl (C=O) groups is 1. The third-order valence-electron chi connectivity index (χ3n) is 5.13. The number of rotatable bonds is 3. The molecule has 0 bridgehead atoms. The number of carbonyl (C=O) groups excluding carboxylic acids is 1. The van der Waals surface area contributed by atoms with Gasteiger partial charge in [0.1, 0.15) is 0 Å². The van der Waals surface area contributed by atoms with Crippen molar-refractivity contribution in [2.24, 2.45) is 5.92 Å². The molecule has 2 heterocycles. The zero-order valence-corrected chi connectivity index (χ0v) is 14.7. The van der Waals surface area contributed by atoms with E-state index in [-0.39, 0.29) is 36.3 Å². The number of halogens is 1. The molecule has 6 nitrogen and oxygen atoms in total. The van der Waals surface area contributed by atoms with Gasteiger partial charge in [-0.2, -0.15) is 0 Å². The van der Waals surface area contributed by atoms with E-state index < -0.39 is 0 Å². The molecule has 1 aliphatic carbocycles. The van der Waals surface area contributed by atoms with E-state index in [0.717, 1.165) is 18.2 Å². The molecule has 1 aromatic heterocycles. The first-order chi connectivity index (χ1) is 12.1. The Morgan fingerprint density at radius 1 is 1.40 bits per heavy atom. The highest BCUT2D eigenvalue weighted by molar-refractivity contribution is 6.31. The van der Waals surface area contributed by atoms with E-state index in [0.29, 0.717) is 29.5 Å². The number of ether oxygens (including phenoxy) is 2. The molecule has 1 saturated heterocycles. The maximum absolute atomic E-state index is 13.0. The van der Waals surface area contributed by atoms with Crippen molar-refractivity contribution in [1.82, 2.24) is 4.90 Å². The molecule has 7 heteroatoms. The Morgan fingerprint density at radius 3 is 3.00 bits per heavy atom. The summed E-state index contributed by atoms with van der Waals surface area (Å²) in [6.07, 6.45) is 1.53. The Kier molecular flexibility index (Phi) is 4.35. The molecular formula is C18H20ClNO5. The number of furan rings is 1. The van der Waals surface area contributed by atoms with Crippen LogP contribution in [0, 0.1) is 5.92 Å². The highest BCUT2D eigenvalue weighted by Gasteiger charge is 2.43. The van der Waals surface area contributed by atoms with E-state index in [9.17, 15) is 9.90 Å². The zero-order chi connectivity index (χ0) is 17.6. The number of benzene rings is 1. The summed E-state index contributed by atoms with van der Waals surface area (Å²) < 4.78 is 16.9. The second-order valence-corrected chi connectivity index (χ2v) is 7.07. The van der Waals surface area contributed by atoms with Crippen LogP contribution in [-0.2, 0) is 4.74 Å². The van der Waals surface area contributed by atoms with Crippen molar-refractivity contribution in [3.05, 3.63) is 29.0 Å². The quantitative estimate of drug-likeness (QED) is 0.905. The van der Waals surface area contributed by atoms with Crippen molar-refractivity contribution in [2.45, 2.75) is 25.0 Å². The second kappa shape index (κ2) is 6.52. The summed E-state index contributed by atoms with van der Waals surface area (Å²) in [5.41, 5.74) is 0.514. The standard InChI is InChI=1S/C18H20ClNO5/c1-23-15-8-12(19)6-11-7-16(25-17(11)15)18(22)20-2-3-24-14-5-10(9-21)4-13(14)20/h6-8,10,13-14,21H,2-5,9H2,1H3/t10-,13+,14?/m1/s1. The maximum atomic E-state index is 13.0. The molecule has 1 amide bonds. The molecule has 1 N–H and O–H groups in total. The fourth-order valence-electron chi connectivity index (χ4n) is 3.94. The first kappa shape index (κ1) is 16.7. The van der Waals surface area contributed by atoms with Gasteiger partial charge in [-0.1, -0.05) is 11.6 Å². The molecule has 0 radical (unpaired) electrons. The van der Waals surface area contributed by atoms with Gasteiger partial charge in [0, 0.05) is 29.6 Å². The summed E-state index contributed by atoms with van der Waals surface area (Å²) in [6.45, 7) is 1.15. The summed E-state index contributed by atoms with van der Waals surface area (Å²) in [7, 11) is 1.54. The largest absolute Gasteiger partial charge is 0.493 e. The third kappa shape index (κ3) is 2.88. The summed E-state index contributed by atoms with van der Waals surface area (Å²) in [4.78, 5) is 14.8. The highest BCUT2D eigenvalue weighted by atomic mass is 35.5. The number of aliphatic hydroxyl groups excluding tert-OH is 1. The van der Waals surface area contributed by atoms with E-state index in [1.807, 2.05) is 4.90 Å². The first-order valence-electron chi connectivity index (χ1n) is 8.41. The molecule has 1 aromatic carbocycles. The van der Waals surface area contributed by atoms with Gasteiger partial charge in [-0.05, 0) is 30.9 Å². The van der Waals surface area contributed by atoms with Gasteiger partial charge in [-0.3, -0.25) is 4.79 Å². The fourth-order valence-corrected chi connectivity index (χ4v) is 4.15. The number of aliphatic hydroxyl groups is 1. The van der Waals surface area contributed by atoms with Gasteiger partial charge in [0.15, 0.2) is 17.1 Å². The maximum Gasteiger partial charge on any atom is 0.290 e. The van der Waals surface area contributed by atoms with E-state index >= 15 is 0 Å². The number of morpholine rings is 1. The SMILES string of the molecule is COc1cc(Cl)cc2cc(C(=O)N3CCOC4C[C@H](CO)C[C@@H]43)oc12. The molecule has 1 aliphatic heterocycles. The van der Waals surface area contributed by atoms with Gasteiger partial charge < -0.3 is 23.9 Å². The number of amides is 1. The van der Waals surface area contributed by atoms with Gasteiger partial charge in [0.2, 0.25) is 0 Å². The topological polar surface area (TPSA) is 72.1 Å². The summed E-state index contributed by atoms with van der Waals surface area (Å²) in [5.74, 6) is 0.788.